The van der Waals surface area contributed by atoms with Crippen LogP contribution in [0.3, 0.4) is 0 Å². The largest absolute Gasteiger partial charge is 0.455 e. The Morgan fingerprint density at radius 2 is 1.43 bits per heavy atom. The summed E-state index contributed by atoms with van der Waals surface area (Å²) < 4.78 is 6.05. The smallest absolute Gasteiger partial charge is 0.182 e. The number of nitrogens with one attached hydrogen (secondary N) is 1. The van der Waals surface area contributed by atoms with Gasteiger partial charge in [0.15, 0.2) is 11.6 Å². The topological polar surface area (TPSA) is 58.6 Å². The van der Waals surface area contributed by atoms with E-state index in [1.165, 1.54) is 11.8 Å². The maximum atomic E-state index is 13.0. The minimum absolute atomic E-state index is 0.0550. The van der Waals surface area contributed by atoms with Crippen molar-refractivity contribution in [2.24, 2.45) is 5.41 Å². The van der Waals surface area contributed by atoms with E-state index in [0.717, 1.165) is 21.3 Å². The number of benzene rings is 2. The van der Waals surface area contributed by atoms with Crippen LogP contribution in [0.2, 0.25) is 0 Å². The molecule has 160 valence electrons. The molecule has 0 fully saturated rings. The monoisotopic (exact) mass is 426 g/mol. The SMILES string of the molecule is CNCC(C)(C)C(=O)c1ccc2c(c1)Sc1cc(C(=O)C(C)(C)N(C)C)ccc1O2. The first kappa shape index (κ1) is 22.5. The minimum atomic E-state index is -0.606. The van der Waals surface area contributed by atoms with Crippen LogP contribution in [0.5, 0.6) is 11.5 Å². The molecule has 0 unspecified atom stereocenters. The number of nitrogens with zero attached hydrogens (tertiary/aromatic N) is 1. The van der Waals surface area contributed by atoms with Gasteiger partial charge in [-0.2, -0.15) is 0 Å². The zero-order chi connectivity index (χ0) is 22.3. The Hall–Kier alpha value is -2.15. The predicted octanol–water partition coefficient (Wildman–Crippen LogP) is 4.89. The summed E-state index contributed by atoms with van der Waals surface area (Å²) in [4.78, 5) is 29.6. The van der Waals surface area contributed by atoms with Crippen molar-refractivity contribution in [3.8, 4) is 11.5 Å². The summed E-state index contributed by atoms with van der Waals surface area (Å²) in [6.45, 7) is 8.31. The molecule has 3 rings (SSSR count). The molecule has 1 aliphatic heterocycles. The van der Waals surface area contributed by atoms with Gasteiger partial charge in [-0.05, 0) is 71.4 Å². The summed E-state index contributed by atoms with van der Waals surface area (Å²) in [6, 6.07) is 11.1. The zero-order valence-electron chi connectivity index (χ0n) is 18.8. The fourth-order valence-corrected chi connectivity index (χ4v) is 4.36. The van der Waals surface area contributed by atoms with Crippen molar-refractivity contribution < 1.29 is 14.3 Å². The van der Waals surface area contributed by atoms with E-state index in [4.69, 9.17) is 4.74 Å². The molecule has 0 bridgehead atoms. The summed E-state index contributed by atoms with van der Waals surface area (Å²) in [5, 5.41) is 3.08. The van der Waals surface area contributed by atoms with Crippen LogP contribution in [0.1, 0.15) is 48.4 Å². The molecular formula is C24H30N2O3S. The molecule has 0 aromatic heterocycles. The Kier molecular flexibility index (Phi) is 6.14. The van der Waals surface area contributed by atoms with E-state index in [-0.39, 0.29) is 11.6 Å². The summed E-state index contributed by atoms with van der Waals surface area (Å²) in [5.74, 6) is 1.59. The molecule has 0 saturated heterocycles. The third-order valence-electron chi connectivity index (χ3n) is 5.76. The number of ether oxygens (including phenoxy) is 1. The van der Waals surface area contributed by atoms with Gasteiger partial charge in [0.05, 0.1) is 15.3 Å². The lowest BCUT2D eigenvalue weighted by Gasteiger charge is -2.31. The summed E-state index contributed by atoms with van der Waals surface area (Å²) in [6.07, 6.45) is 0. The van der Waals surface area contributed by atoms with Crippen molar-refractivity contribution in [3.05, 3.63) is 47.5 Å². The van der Waals surface area contributed by atoms with Crippen LogP contribution in [0.15, 0.2) is 46.2 Å². The average molecular weight is 427 g/mol. The number of ketones is 2. The van der Waals surface area contributed by atoms with Crippen LogP contribution in [0.25, 0.3) is 0 Å². The normalized spacial score (nSPS) is 13.5. The van der Waals surface area contributed by atoms with Crippen molar-refractivity contribution in [1.82, 2.24) is 10.2 Å². The van der Waals surface area contributed by atoms with E-state index in [9.17, 15) is 9.59 Å². The van der Waals surface area contributed by atoms with Crippen LogP contribution in [0.4, 0.5) is 0 Å². The summed E-state index contributed by atoms with van der Waals surface area (Å²) in [7, 11) is 5.65. The predicted molar refractivity (Wildman–Crippen MR) is 121 cm³/mol. The van der Waals surface area contributed by atoms with Crippen LogP contribution in [-0.2, 0) is 0 Å². The summed E-state index contributed by atoms with van der Waals surface area (Å²) in [5.41, 5.74) is 0.201. The number of fused-ring (bicyclic) bond motifs is 2. The van der Waals surface area contributed by atoms with Gasteiger partial charge in [-0.25, -0.2) is 0 Å². The lowest BCUT2D eigenvalue weighted by Crippen LogP contribution is -2.45. The maximum absolute atomic E-state index is 13.0. The van der Waals surface area contributed by atoms with Crippen LogP contribution in [-0.4, -0.2) is 49.7 Å². The zero-order valence-corrected chi connectivity index (χ0v) is 19.6. The lowest BCUT2D eigenvalue weighted by molar-refractivity contribution is 0.0755. The van der Waals surface area contributed by atoms with Gasteiger partial charge in [0, 0.05) is 23.1 Å². The van der Waals surface area contributed by atoms with E-state index < -0.39 is 11.0 Å². The molecular weight excluding hydrogens is 396 g/mol. The molecule has 5 nitrogen and oxygen atoms in total. The highest BCUT2D eigenvalue weighted by Gasteiger charge is 2.32. The van der Waals surface area contributed by atoms with Gasteiger partial charge in [-0.15, -0.1) is 0 Å². The van der Waals surface area contributed by atoms with Crippen molar-refractivity contribution in [3.63, 3.8) is 0 Å². The second kappa shape index (κ2) is 8.17. The van der Waals surface area contributed by atoms with Gasteiger partial charge in [0.25, 0.3) is 0 Å². The molecule has 2 aromatic rings. The number of Topliss-reactive ketones (excluding diaryl/α,β-unsaturated/α-hetero) is 2. The van der Waals surface area contributed by atoms with Crippen LogP contribution in [0, 0.1) is 5.41 Å². The van der Waals surface area contributed by atoms with Crippen molar-refractivity contribution >= 4 is 23.3 Å². The number of carbonyl (C=O) groups excluding carboxylic acids is 2. The van der Waals surface area contributed by atoms with E-state index in [1.807, 2.05) is 90.1 Å². The van der Waals surface area contributed by atoms with Crippen molar-refractivity contribution in [1.29, 1.82) is 0 Å². The highest BCUT2D eigenvalue weighted by molar-refractivity contribution is 7.99. The molecule has 0 spiro atoms. The van der Waals surface area contributed by atoms with Crippen molar-refractivity contribution in [2.75, 3.05) is 27.7 Å². The van der Waals surface area contributed by atoms with Gasteiger partial charge in [0.1, 0.15) is 11.5 Å². The summed E-state index contributed by atoms with van der Waals surface area (Å²) >= 11 is 1.53. The first-order valence-electron chi connectivity index (χ1n) is 10.0. The quantitative estimate of drug-likeness (QED) is 0.543. The molecule has 0 amide bonds. The maximum Gasteiger partial charge on any atom is 0.182 e. The third-order valence-corrected chi connectivity index (χ3v) is 6.84. The molecule has 2 aromatic carbocycles. The molecule has 1 heterocycles. The standard InChI is InChI=1S/C24H30N2O3S/c1-23(2,14-25-5)21(27)15-8-10-17-19(12-15)30-20-13-16(9-11-18(20)29-17)22(28)24(3,4)26(6)7/h8-13,25H,14H2,1-7H3. The third kappa shape index (κ3) is 4.17. The first-order valence-corrected chi connectivity index (χ1v) is 10.8. The fraction of sp³-hybridized carbons (Fsp3) is 0.417. The molecule has 6 heteroatoms. The molecule has 1 N–H and O–H groups in total. The second-order valence-corrected chi connectivity index (χ2v) is 10.1. The molecule has 0 aliphatic carbocycles. The van der Waals surface area contributed by atoms with Gasteiger partial charge in [-0.3, -0.25) is 14.5 Å². The average Bonchev–Trinajstić information content (AvgIpc) is 2.70. The number of carbonyl (C=O) groups is 2. The van der Waals surface area contributed by atoms with E-state index >= 15 is 0 Å². The molecule has 0 atom stereocenters. The lowest BCUT2D eigenvalue weighted by atomic mass is 9.84. The number of hydrogen-bond donors (Lipinski definition) is 1. The Labute approximate surface area is 183 Å². The molecule has 30 heavy (non-hydrogen) atoms. The first-order chi connectivity index (χ1) is 14.0. The van der Waals surface area contributed by atoms with Crippen LogP contribution >= 0.6 is 11.8 Å². The van der Waals surface area contributed by atoms with Gasteiger partial charge in [-0.1, -0.05) is 25.6 Å². The van der Waals surface area contributed by atoms with Crippen molar-refractivity contribution in [2.45, 2.75) is 43.0 Å². The second-order valence-electron chi connectivity index (χ2n) is 9.05. The fourth-order valence-electron chi connectivity index (χ4n) is 3.33. The Morgan fingerprint density at radius 3 is 1.90 bits per heavy atom. The van der Waals surface area contributed by atoms with E-state index in [1.54, 1.807) is 0 Å². The number of likely N-dealkylation sites (N-methyl/N-ethyl adjacent to an activating group) is 1. The van der Waals surface area contributed by atoms with Crippen LogP contribution < -0.4 is 10.1 Å². The van der Waals surface area contributed by atoms with Gasteiger partial charge in [0.2, 0.25) is 0 Å². The highest BCUT2D eigenvalue weighted by Crippen LogP contribution is 2.48. The highest BCUT2D eigenvalue weighted by atomic mass is 32.2. The molecule has 0 radical (unpaired) electrons. The van der Waals surface area contributed by atoms with E-state index in [2.05, 4.69) is 5.32 Å². The molecule has 1 aliphatic rings. The molecule has 0 saturated carbocycles. The minimum Gasteiger partial charge on any atom is -0.455 e. The Morgan fingerprint density at radius 1 is 0.933 bits per heavy atom. The Balaban J connectivity index is 1.91. The van der Waals surface area contributed by atoms with Gasteiger partial charge >= 0.3 is 0 Å². The van der Waals surface area contributed by atoms with Gasteiger partial charge < -0.3 is 10.1 Å². The van der Waals surface area contributed by atoms with E-state index in [0.29, 0.717) is 17.7 Å². The Bertz CT molecular complexity index is 996. The number of hydrogen-bond acceptors (Lipinski definition) is 6. The number of rotatable bonds is 7.